The summed E-state index contributed by atoms with van der Waals surface area (Å²) in [5, 5.41) is 18.5. The minimum atomic E-state index is -0.415. The number of nitrogens with one attached hydrogen (secondary N) is 1. The van der Waals surface area contributed by atoms with Crippen molar-refractivity contribution in [2.45, 2.75) is 33.2 Å². The molecule has 0 bridgehead atoms. The van der Waals surface area contributed by atoms with Gasteiger partial charge in [-0.2, -0.15) is 5.10 Å². The van der Waals surface area contributed by atoms with Gasteiger partial charge in [0.2, 0.25) is 0 Å². The first-order valence-corrected chi connectivity index (χ1v) is 13.0. The van der Waals surface area contributed by atoms with E-state index in [0.717, 1.165) is 33.6 Å². The molecule has 8 nitrogen and oxygen atoms in total. The van der Waals surface area contributed by atoms with Gasteiger partial charge >= 0.3 is 0 Å². The highest BCUT2D eigenvalue weighted by atomic mass is 16.5. The Morgan fingerprint density at radius 3 is 2.56 bits per heavy atom. The Morgan fingerprint density at radius 1 is 1.03 bits per heavy atom. The second-order valence-corrected chi connectivity index (χ2v) is 9.68. The van der Waals surface area contributed by atoms with Crippen molar-refractivity contribution >= 4 is 5.91 Å². The average molecular weight is 528 g/mol. The van der Waals surface area contributed by atoms with E-state index in [0.29, 0.717) is 48.0 Å². The molecule has 1 aliphatic heterocycles. The second kappa shape index (κ2) is 10.7. The van der Waals surface area contributed by atoms with Gasteiger partial charge in [-0.05, 0) is 79.8 Å². The van der Waals surface area contributed by atoms with E-state index >= 15 is 0 Å². The van der Waals surface area contributed by atoms with E-state index in [1.165, 1.54) is 0 Å². The number of fused-ring (bicyclic) bond motifs is 1. The Balaban J connectivity index is 1.58. The quantitative estimate of drug-likeness (QED) is 0.294. The third kappa shape index (κ3) is 4.78. The molecule has 2 N–H and O–H groups in total. The third-order valence-corrected chi connectivity index (χ3v) is 7.14. The van der Waals surface area contributed by atoms with Gasteiger partial charge < -0.3 is 24.2 Å². The number of carbonyl (C=O) groups is 1. The maximum Gasteiger partial charge on any atom is 0.273 e. The summed E-state index contributed by atoms with van der Waals surface area (Å²) in [6.45, 7) is 6.78. The molecule has 2 heterocycles. The molecule has 0 radical (unpaired) electrons. The van der Waals surface area contributed by atoms with Crippen LogP contribution in [0.4, 0.5) is 0 Å². The molecular weight excluding hydrogens is 494 g/mol. The van der Waals surface area contributed by atoms with Crippen LogP contribution in [0.15, 0.2) is 54.6 Å². The Hall–Kier alpha value is -4.46. The number of hydrogen-bond acceptors (Lipinski definition) is 6. The number of benzene rings is 3. The van der Waals surface area contributed by atoms with E-state index in [-0.39, 0.29) is 11.7 Å². The second-order valence-electron chi connectivity index (χ2n) is 9.68. The Kier molecular flexibility index (Phi) is 7.19. The molecule has 1 aliphatic rings. The Morgan fingerprint density at radius 2 is 1.82 bits per heavy atom. The lowest BCUT2D eigenvalue weighted by atomic mass is 9.94. The zero-order valence-electron chi connectivity index (χ0n) is 22.9. The van der Waals surface area contributed by atoms with Crippen LogP contribution in [-0.4, -0.2) is 53.5 Å². The van der Waals surface area contributed by atoms with Crippen LogP contribution < -0.4 is 14.2 Å². The molecule has 1 amide bonds. The monoisotopic (exact) mass is 527 g/mol. The molecule has 4 aromatic rings. The molecular formula is C31H33N3O5. The highest BCUT2D eigenvalue weighted by Crippen LogP contribution is 2.45. The number of methoxy groups -OCH3 is 2. The summed E-state index contributed by atoms with van der Waals surface area (Å²) >= 11 is 0. The minimum absolute atomic E-state index is 0.139. The molecule has 1 aromatic heterocycles. The highest BCUT2D eigenvalue weighted by molar-refractivity contribution is 6.00. The predicted molar refractivity (Wildman–Crippen MR) is 149 cm³/mol. The standard InChI is InChI=1S/C31H33N3O5/c1-6-39-22-9-7-8-21(17-22)29-26-27(23-15-18(2)14-19(3)30(23)35)32-33-28(26)31(36)34(29)13-12-20-10-11-24(37-4)25(16-20)38-5/h7-11,14-17,29,35H,6,12-13H2,1-5H3,(H,32,33). The van der Waals surface area contributed by atoms with Crippen molar-refractivity contribution in [3.8, 4) is 34.3 Å². The summed E-state index contributed by atoms with van der Waals surface area (Å²) in [6, 6.07) is 17.0. The zero-order chi connectivity index (χ0) is 27.7. The summed E-state index contributed by atoms with van der Waals surface area (Å²) in [5.41, 5.74) is 6.04. The lowest BCUT2D eigenvalue weighted by molar-refractivity contribution is 0.0745. The Bertz CT molecular complexity index is 1530. The number of phenolic OH excluding ortho intramolecular Hbond substituents is 1. The van der Waals surface area contributed by atoms with Crippen molar-refractivity contribution in [1.29, 1.82) is 0 Å². The van der Waals surface area contributed by atoms with Gasteiger partial charge in [-0.15, -0.1) is 0 Å². The number of hydrogen-bond donors (Lipinski definition) is 2. The molecule has 39 heavy (non-hydrogen) atoms. The molecule has 1 atom stereocenters. The van der Waals surface area contributed by atoms with Crippen molar-refractivity contribution in [3.05, 3.63) is 88.1 Å². The van der Waals surface area contributed by atoms with Gasteiger partial charge in [0, 0.05) is 17.7 Å². The molecule has 5 rings (SSSR count). The first kappa shape index (κ1) is 26.2. The molecule has 3 aromatic carbocycles. The van der Waals surface area contributed by atoms with Crippen molar-refractivity contribution in [1.82, 2.24) is 15.1 Å². The maximum absolute atomic E-state index is 13.8. The number of carbonyl (C=O) groups excluding carboxylic acids is 1. The van der Waals surface area contributed by atoms with Crippen LogP contribution in [-0.2, 0) is 6.42 Å². The van der Waals surface area contributed by atoms with Gasteiger partial charge in [-0.25, -0.2) is 0 Å². The van der Waals surface area contributed by atoms with E-state index in [9.17, 15) is 9.90 Å². The summed E-state index contributed by atoms with van der Waals surface area (Å²) in [7, 11) is 3.21. The van der Waals surface area contributed by atoms with Crippen LogP contribution >= 0.6 is 0 Å². The number of H-pyrrole nitrogens is 1. The van der Waals surface area contributed by atoms with Gasteiger partial charge in [0.05, 0.1) is 26.9 Å². The number of amides is 1. The number of ether oxygens (including phenoxy) is 3. The lowest BCUT2D eigenvalue weighted by Crippen LogP contribution is -2.31. The van der Waals surface area contributed by atoms with Gasteiger partial charge in [0.15, 0.2) is 11.5 Å². The smallest absolute Gasteiger partial charge is 0.273 e. The normalized spacial score (nSPS) is 14.4. The largest absolute Gasteiger partial charge is 0.507 e. The SMILES string of the molecule is CCOc1cccc(C2c3c(-c4cc(C)cc(C)c4O)n[nH]c3C(=O)N2CCc2ccc(OC)c(OC)c2)c1. The number of aryl methyl sites for hydroxylation is 2. The van der Waals surface area contributed by atoms with E-state index in [2.05, 4.69) is 10.2 Å². The fraction of sp³-hybridized carbons (Fsp3) is 0.290. The Labute approximate surface area is 228 Å². The number of aromatic nitrogens is 2. The molecule has 1 unspecified atom stereocenters. The fourth-order valence-electron chi connectivity index (χ4n) is 5.35. The molecule has 0 spiro atoms. The fourth-order valence-corrected chi connectivity index (χ4v) is 5.35. The van der Waals surface area contributed by atoms with Crippen molar-refractivity contribution in [2.75, 3.05) is 27.4 Å². The maximum atomic E-state index is 13.8. The number of aromatic hydroxyl groups is 1. The summed E-state index contributed by atoms with van der Waals surface area (Å²) in [6.07, 6.45) is 0.607. The van der Waals surface area contributed by atoms with Gasteiger partial charge in [0.1, 0.15) is 22.9 Å². The molecule has 202 valence electrons. The van der Waals surface area contributed by atoms with E-state index in [1.807, 2.05) is 80.3 Å². The molecule has 0 aliphatic carbocycles. The lowest BCUT2D eigenvalue weighted by Gasteiger charge is -2.27. The number of aromatic amines is 1. The van der Waals surface area contributed by atoms with Crippen molar-refractivity contribution in [2.24, 2.45) is 0 Å². The van der Waals surface area contributed by atoms with Crippen LogP contribution in [0.3, 0.4) is 0 Å². The van der Waals surface area contributed by atoms with E-state index in [4.69, 9.17) is 14.2 Å². The summed E-state index contributed by atoms with van der Waals surface area (Å²) < 4.78 is 16.6. The number of phenols is 1. The number of nitrogens with zero attached hydrogens (tertiary/aromatic N) is 2. The number of rotatable bonds is 9. The van der Waals surface area contributed by atoms with Gasteiger partial charge in [0.25, 0.3) is 5.91 Å². The molecule has 8 heteroatoms. The topological polar surface area (TPSA) is 96.9 Å². The van der Waals surface area contributed by atoms with E-state index < -0.39 is 6.04 Å². The third-order valence-electron chi connectivity index (χ3n) is 7.14. The van der Waals surface area contributed by atoms with Crippen LogP contribution in [0.25, 0.3) is 11.3 Å². The van der Waals surface area contributed by atoms with E-state index in [1.54, 1.807) is 14.2 Å². The van der Waals surface area contributed by atoms with Gasteiger partial charge in [-0.3, -0.25) is 9.89 Å². The highest BCUT2D eigenvalue weighted by Gasteiger charge is 2.42. The van der Waals surface area contributed by atoms with Crippen molar-refractivity contribution < 1.29 is 24.1 Å². The first-order chi connectivity index (χ1) is 18.9. The first-order valence-electron chi connectivity index (χ1n) is 13.0. The average Bonchev–Trinajstić information content (AvgIpc) is 3.48. The van der Waals surface area contributed by atoms with Crippen LogP contribution in [0.5, 0.6) is 23.0 Å². The molecule has 0 saturated carbocycles. The predicted octanol–water partition coefficient (Wildman–Crippen LogP) is 5.60. The molecule has 0 saturated heterocycles. The summed E-state index contributed by atoms with van der Waals surface area (Å²) in [4.78, 5) is 15.7. The molecule has 0 fully saturated rings. The zero-order valence-corrected chi connectivity index (χ0v) is 22.9. The summed E-state index contributed by atoms with van der Waals surface area (Å²) in [5.74, 6) is 2.05. The van der Waals surface area contributed by atoms with Crippen molar-refractivity contribution in [3.63, 3.8) is 0 Å². The van der Waals surface area contributed by atoms with Crippen LogP contribution in [0.1, 0.15) is 51.3 Å². The van der Waals surface area contributed by atoms with Crippen LogP contribution in [0, 0.1) is 13.8 Å². The van der Waals surface area contributed by atoms with Gasteiger partial charge in [-0.1, -0.05) is 24.3 Å². The van der Waals surface area contributed by atoms with Crippen LogP contribution in [0.2, 0.25) is 0 Å². The minimum Gasteiger partial charge on any atom is -0.507 e.